The average Bonchev–Trinajstić information content (AvgIpc) is 3.06. The molecular formula is C18H25N5O2. The van der Waals surface area contributed by atoms with Crippen LogP contribution in [0.5, 0.6) is 0 Å². The zero-order valence-corrected chi connectivity index (χ0v) is 15.1. The molecule has 0 radical (unpaired) electrons. The molecule has 1 aromatic carbocycles. The molecule has 1 amide bonds. The minimum absolute atomic E-state index is 0.118. The lowest BCUT2D eigenvalue weighted by atomic mass is 10.2. The van der Waals surface area contributed by atoms with Gasteiger partial charge in [0.15, 0.2) is 5.82 Å². The summed E-state index contributed by atoms with van der Waals surface area (Å²) in [5, 5.41) is 3.82. The highest BCUT2D eigenvalue weighted by molar-refractivity contribution is 5.96. The van der Waals surface area contributed by atoms with E-state index in [1.54, 1.807) is 4.90 Å². The lowest BCUT2D eigenvalue weighted by Crippen LogP contribution is -2.53. The van der Waals surface area contributed by atoms with Gasteiger partial charge in [-0.15, -0.1) is 0 Å². The molecule has 0 aliphatic carbocycles. The van der Waals surface area contributed by atoms with E-state index < -0.39 is 0 Å². The van der Waals surface area contributed by atoms with Crippen LogP contribution in [0.15, 0.2) is 34.9 Å². The first-order valence-corrected chi connectivity index (χ1v) is 8.63. The number of benzene rings is 1. The monoisotopic (exact) mass is 343 g/mol. The van der Waals surface area contributed by atoms with Crippen LogP contribution >= 0.6 is 0 Å². The van der Waals surface area contributed by atoms with Crippen LogP contribution in [0.4, 0.5) is 5.69 Å². The lowest BCUT2D eigenvalue weighted by Gasteiger charge is -2.38. The van der Waals surface area contributed by atoms with Gasteiger partial charge < -0.3 is 9.42 Å². The van der Waals surface area contributed by atoms with Crippen LogP contribution in [0, 0.1) is 6.92 Å². The topological polar surface area (TPSA) is 65.7 Å². The third-order valence-electron chi connectivity index (χ3n) is 4.71. The molecule has 0 N–H and O–H groups in total. The summed E-state index contributed by atoms with van der Waals surface area (Å²) < 4.78 is 5.18. The largest absolute Gasteiger partial charge is 0.338 e. The lowest BCUT2D eigenvalue weighted by molar-refractivity contribution is -0.123. The Bertz CT molecular complexity index is 695. The summed E-state index contributed by atoms with van der Waals surface area (Å²) in [6, 6.07) is 9.61. The summed E-state index contributed by atoms with van der Waals surface area (Å²) in [4.78, 5) is 23.3. The average molecular weight is 343 g/mol. The number of carbonyl (C=O) groups is 1. The summed E-state index contributed by atoms with van der Waals surface area (Å²) in [5.74, 6) is 1.43. The molecule has 1 unspecified atom stereocenters. The zero-order valence-electron chi connectivity index (χ0n) is 15.1. The van der Waals surface area contributed by atoms with E-state index >= 15 is 0 Å². The van der Waals surface area contributed by atoms with Gasteiger partial charge in [0.25, 0.3) is 0 Å². The maximum atomic E-state index is 12.8. The second-order valence-electron chi connectivity index (χ2n) is 6.46. The maximum absolute atomic E-state index is 12.8. The number of rotatable bonds is 5. The molecule has 2 heterocycles. The molecule has 0 bridgehead atoms. The Hall–Kier alpha value is -2.25. The van der Waals surface area contributed by atoms with Crippen LogP contribution in [0.3, 0.4) is 0 Å². The Kier molecular flexibility index (Phi) is 5.45. The molecular weight excluding hydrogens is 318 g/mol. The molecule has 7 heteroatoms. The van der Waals surface area contributed by atoms with Crippen molar-refractivity contribution in [3.8, 4) is 0 Å². The van der Waals surface area contributed by atoms with E-state index in [0.29, 0.717) is 18.3 Å². The minimum atomic E-state index is -0.141. The molecule has 25 heavy (non-hydrogen) atoms. The number of aryl methyl sites for hydroxylation is 1. The van der Waals surface area contributed by atoms with Crippen LogP contribution in [-0.2, 0) is 11.3 Å². The Balaban J connectivity index is 1.52. The molecule has 1 atom stereocenters. The molecule has 7 nitrogen and oxygen atoms in total. The van der Waals surface area contributed by atoms with Crippen LogP contribution in [0.25, 0.3) is 0 Å². The number of anilines is 1. The number of likely N-dealkylation sites (N-methyl/N-ethyl adjacent to an activating group) is 1. The first-order chi connectivity index (χ1) is 12.0. The van der Waals surface area contributed by atoms with Gasteiger partial charge in [0, 0.05) is 38.9 Å². The highest BCUT2D eigenvalue weighted by atomic mass is 16.5. The maximum Gasteiger partial charge on any atom is 0.243 e. The van der Waals surface area contributed by atoms with E-state index in [0.717, 1.165) is 31.9 Å². The van der Waals surface area contributed by atoms with Crippen molar-refractivity contribution in [3.05, 3.63) is 42.0 Å². The molecule has 1 fully saturated rings. The zero-order chi connectivity index (χ0) is 17.8. The summed E-state index contributed by atoms with van der Waals surface area (Å²) in [7, 11) is 1.84. The van der Waals surface area contributed by atoms with E-state index in [2.05, 4.69) is 19.9 Å². The summed E-state index contributed by atoms with van der Waals surface area (Å²) >= 11 is 0. The normalized spacial score (nSPS) is 17.4. The van der Waals surface area contributed by atoms with E-state index in [1.807, 2.05) is 51.2 Å². The molecule has 0 saturated carbocycles. The fourth-order valence-corrected chi connectivity index (χ4v) is 3.12. The van der Waals surface area contributed by atoms with E-state index in [4.69, 9.17) is 4.52 Å². The van der Waals surface area contributed by atoms with Crippen LogP contribution in [-0.4, -0.2) is 65.1 Å². The molecule has 1 aliphatic rings. The number of amides is 1. The van der Waals surface area contributed by atoms with Gasteiger partial charge in [-0.2, -0.15) is 4.98 Å². The van der Waals surface area contributed by atoms with Crippen molar-refractivity contribution in [2.75, 3.05) is 38.1 Å². The van der Waals surface area contributed by atoms with Gasteiger partial charge in [-0.25, -0.2) is 0 Å². The third kappa shape index (κ3) is 4.24. The number of aromatic nitrogens is 2. The van der Waals surface area contributed by atoms with Crippen LogP contribution in [0.1, 0.15) is 18.6 Å². The number of hydrogen-bond acceptors (Lipinski definition) is 6. The van der Waals surface area contributed by atoms with Crippen molar-refractivity contribution in [2.45, 2.75) is 26.4 Å². The molecule has 1 saturated heterocycles. The number of piperazine rings is 1. The highest BCUT2D eigenvalue weighted by Crippen LogP contribution is 2.16. The fraction of sp³-hybridized carbons (Fsp3) is 0.500. The van der Waals surface area contributed by atoms with Crippen molar-refractivity contribution in [1.29, 1.82) is 0 Å². The number of hydrogen-bond donors (Lipinski definition) is 0. The smallest absolute Gasteiger partial charge is 0.243 e. The molecule has 134 valence electrons. The van der Waals surface area contributed by atoms with Crippen molar-refractivity contribution in [2.24, 2.45) is 0 Å². The summed E-state index contributed by atoms with van der Waals surface area (Å²) in [6.45, 7) is 7.94. The molecule has 3 rings (SSSR count). The van der Waals surface area contributed by atoms with E-state index in [1.165, 1.54) is 0 Å². The minimum Gasteiger partial charge on any atom is -0.338 e. The van der Waals surface area contributed by atoms with Gasteiger partial charge in [0.2, 0.25) is 11.8 Å². The Labute approximate surface area is 148 Å². The second-order valence-corrected chi connectivity index (χ2v) is 6.46. The molecule has 2 aromatic rings. The molecule has 1 aliphatic heterocycles. The van der Waals surface area contributed by atoms with Crippen LogP contribution < -0.4 is 4.90 Å². The number of para-hydroxylation sites is 1. The quantitative estimate of drug-likeness (QED) is 0.821. The van der Waals surface area contributed by atoms with Gasteiger partial charge >= 0.3 is 0 Å². The Morgan fingerprint density at radius 2 is 1.92 bits per heavy atom. The van der Waals surface area contributed by atoms with Gasteiger partial charge in [-0.05, 0) is 26.0 Å². The summed E-state index contributed by atoms with van der Waals surface area (Å²) in [6.07, 6.45) is 0. The third-order valence-corrected chi connectivity index (χ3v) is 4.71. The van der Waals surface area contributed by atoms with Crippen molar-refractivity contribution < 1.29 is 9.32 Å². The summed E-state index contributed by atoms with van der Waals surface area (Å²) in [5.41, 5.74) is 0.921. The predicted molar refractivity (Wildman–Crippen MR) is 95.2 cm³/mol. The number of nitrogens with zero attached hydrogens (tertiary/aromatic N) is 5. The second kappa shape index (κ2) is 7.76. The molecule has 0 spiro atoms. The first-order valence-electron chi connectivity index (χ1n) is 8.63. The van der Waals surface area contributed by atoms with E-state index in [-0.39, 0.29) is 11.9 Å². The van der Waals surface area contributed by atoms with Crippen LogP contribution in [0.2, 0.25) is 0 Å². The fourth-order valence-electron chi connectivity index (χ4n) is 3.12. The Morgan fingerprint density at radius 3 is 2.52 bits per heavy atom. The predicted octanol–water partition coefficient (Wildman–Crippen LogP) is 1.55. The standard InChI is InChI=1S/C18H25N5O2/c1-14(18(24)21(3)16-7-5-4-6-8-16)23-11-9-22(10-12-23)13-17-19-15(2)20-25-17/h4-8,14H,9-13H2,1-3H3. The van der Waals surface area contributed by atoms with Crippen molar-refractivity contribution in [1.82, 2.24) is 19.9 Å². The van der Waals surface area contributed by atoms with Gasteiger partial charge in [-0.1, -0.05) is 23.4 Å². The first kappa shape index (κ1) is 17.6. The van der Waals surface area contributed by atoms with Crippen molar-refractivity contribution in [3.63, 3.8) is 0 Å². The molecule has 1 aromatic heterocycles. The van der Waals surface area contributed by atoms with Gasteiger partial charge in [0.05, 0.1) is 12.6 Å². The SMILES string of the molecule is Cc1noc(CN2CCN(C(C)C(=O)N(C)c3ccccc3)CC2)n1. The van der Waals surface area contributed by atoms with E-state index in [9.17, 15) is 4.79 Å². The van der Waals surface area contributed by atoms with Gasteiger partial charge in [-0.3, -0.25) is 14.6 Å². The Morgan fingerprint density at radius 1 is 1.24 bits per heavy atom. The van der Waals surface area contributed by atoms with Gasteiger partial charge in [0.1, 0.15) is 0 Å². The highest BCUT2D eigenvalue weighted by Gasteiger charge is 2.28. The van der Waals surface area contributed by atoms with Crippen molar-refractivity contribution >= 4 is 11.6 Å². The number of carbonyl (C=O) groups excluding carboxylic acids is 1.